The summed E-state index contributed by atoms with van der Waals surface area (Å²) in [6.07, 6.45) is 6.06. The summed E-state index contributed by atoms with van der Waals surface area (Å²) in [6, 6.07) is 8.55. The first-order valence-corrected chi connectivity index (χ1v) is 8.17. The summed E-state index contributed by atoms with van der Waals surface area (Å²) in [6.45, 7) is 9.66. The number of hydrogen-bond acceptors (Lipinski definition) is 2. The maximum Gasteiger partial charge on any atom is 0.120 e. The predicted molar refractivity (Wildman–Crippen MR) is 90.1 cm³/mol. The summed E-state index contributed by atoms with van der Waals surface area (Å²) in [7, 11) is 0. The second-order valence-electron chi connectivity index (χ2n) is 5.85. The van der Waals surface area contributed by atoms with Crippen LogP contribution in [-0.2, 0) is 6.54 Å². The fraction of sp³-hybridized carbons (Fsp3) is 0.556. The van der Waals surface area contributed by atoms with Gasteiger partial charge in [0.1, 0.15) is 5.75 Å². The van der Waals surface area contributed by atoms with Crippen LogP contribution in [0, 0.1) is 0 Å². The Balaban J connectivity index is 1.89. The van der Waals surface area contributed by atoms with Gasteiger partial charge in [0.05, 0.1) is 6.10 Å². The van der Waals surface area contributed by atoms with E-state index >= 15 is 0 Å². The van der Waals surface area contributed by atoms with Crippen LogP contribution < -0.4 is 10.1 Å². The van der Waals surface area contributed by atoms with Crippen molar-refractivity contribution < 1.29 is 4.74 Å². The van der Waals surface area contributed by atoms with Gasteiger partial charge in [-0.15, -0.1) is 0 Å². The normalized spacial score (nSPS) is 11.4. The van der Waals surface area contributed by atoms with Crippen LogP contribution in [0.5, 0.6) is 5.75 Å². The van der Waals surface area contributed by atoms with Gasteiger partial charge in [-0.3, -0.25) is 0 Å². The van der Waals surface area contributed by atoms with Gasteiger partial charge in [0.15, 0.2) is 0 Å². The molecule has 0 aliphatic rings. The van der Waals surface area contributed by atoms with Crippen LogP contribution in [0.3, 0.4) is 0 Å². The van der Waals surface area contributed by atoms with Gasteiger partial charge in [-0.2, -0.15) is 0 Å². The van der Waals surface area contributed by atoms with E-state index in [1.165, 1.54) is 30.2 Å². The van der Waals surface area contributed by atoms with Crippen LogP contribution in [-0.4, -0.2) is 23.8 Å². The molecule has 0 atom stereocenters. The number of aromatic nitrogens is 1. The molecule has 0 spiro atoms. The van der Waals surface area contributed by atoms with E-state index in [0.29, 0.717) is 0 Å². The van der Waals surface area contributed by atoms with Gasteiger partial charge < -0.3 is 14.6 Å². The Morgan fingerprint density at radius 3 is 2.76 bits per heavy atom. The maximum atomic E-state index is 5.75. The zero-order valence-corrected chi connectivity index (χ0v) is 13.6. The van der Waals surface area contributed by atoms with E-state index in [9.17, 15) is 0 Å². The van der Waals surface area contributed by atoms with E-state index in [-0.39, 0.29) is 6.10 Å². The fourth-order valence-corrected chi connectivity index (χ4v) is 2.55. The van der Waals surface area contributed by atoms with Crippen LogP contribution in [0.25, 0.3) is 10.9 Å². The third kappa shape index (κ3) is 4.78. The molecule has 1 heterocycles. The molecule has 0 bridgehead atoms. The Bertz CT molecular complexity index is 545. The van der Waals surface area contributed by atoms with E-state index in [1.54, 1.807) is 0 Å². The first kappa shape index (κ1) is 15.9. The molecule has 2 aromatic rings. The molecule has 0 fully saturated rings. The summed E-state index contributed by atoms with van der Waals surface area (Å²) in [4.78, 5) is 0. The van der Waals surface area contributed by atoms with Crippen molar-refractivity contribution in [2.45, 2.75) is 52.7 Å². The van der Waals surface area contributed by atoms with Crippen molar-refractivity contribution in [3.8, 4) is 5.75 Å². The molecule has 1 aromatic carbocycles. The Morgan fingerprint density at radius 1 is 1.14 bits per heavy atom. The highest BCUT2D eigenvalue weighted by molar-refractivity contribution is 5.81. The number of ether oxygens (including phenoxy) is 1. The second-order valence-corrected chi connectivity index (χ2v) is 5.85. The van der Waals surface area contributed by atoms with Crippen LogP contribution in [0.2, 0.25) is 0 Å². The second kappa shape index (κ2) is 8.08. The number of nitrogens with one attached hydrogen (secondary N) is 1. The third-order valence-electron chi connectivity index (χ3n) is 3.54. The smallest absolute Gasteiger partial charge is 0.120 e. The van der Waals surface area contributed by atoms with Gasteiger partial charge >= 0.3 is 0 Å². The Kier molecular flexibility index (Phi) is 6.12. The molecular weight excluding hydrogens is 260 g/mol. The molecular formula is C18H28N2O. The van der Waals surface area contributed by atoms with Crippen molar-refractivity contribution in [1.82, 2.24) is 9.88 Å². The predicted octanol–water partition coefficient (Wildman–Crippen LogP) is 4.21. The standard InChI is InChI=1S/C18H28N2O/c1-4-10-19-11-5-6-12-20-13-9-16-14-17(21-15(2)3)7-8-18(16)20/h7-9,13-15,19H,4-6,10-12H2,1-3H3. The van der Waals surface area contributed by atoms with E-state index in [4.69, 9.17) is 4.74 Å². The minimum absolute atomic E-state index is 0.222. The molecule has 2 rings (SSSR count). The summed E-state index contributed by atoms with van der Waals surface area (Å²) < 4.78 is 8.09. The number of rotatable bonds is 9. The number of fused-ring (bicyclic) bond motifs is 1. The molecule has 3 heteroatoms. The summed E-state index contributed by atoms with van der Waals surface area (Å²) in [5.41, 5.74) is 1.30. The summed E-state index contributed by atoms with van der Waals surface area (Å²) in [5.74, 6) is 0.957. The highest BCUT2D eigenvalue weighted by atomic mass is 16.5. The molecule has 1 aromatic heterocycles. The minimum atomic E-state index is 0.222. The Morgan fingerprint density at radius 2 is 2.00 bits per heavy atom. The van der Waals surface area contributed by atoms with Gasteiger partial charge in [-0.05, 0) is 70.5 Å². The van der Waals surface area contributed by atoms with Gasteiger partial charge in [-0.1, -0.05) is 6.92 Å². The fourth-order valence-electron chi connectivity index (χ4n) is 2.55. The van der Waals surface area contributed by atoms with E-state index in [2.05, 4.69) is 61.1 Å². The highest BCUT2D eigenvalue weighted by Crippen LogP contribution is 2.23. The molecule has 0 aliphatic carbocycles. The highest BCUT2D eigenvalue weighted by Gasteiger charge is 2.04. The lowest BCUT2D eigenvalue weighted by atomic mass is 10.2. The molecule has 21 heavy (non-hydrogen) atoms. The van der Waals surface area contributed by atoms with Crippen LogP contribution in [0.4, 0.5) is 0 Å². The van der Waals surface area contributed by atoms with E-state index in [0.717, 1.165) is 25.4 Å². The van der Waals surface area contributed by atoms with Crippen molar-refractivity contribution in [1.29, 1.82) is 0 Å². The van der Waals surface area contributed by atoms with Crippen LogP contribution in [0.1, 0.15) is 40.0 Å². The van der Waals surface area contributed by atoms with Gasteiger partial charge in [-0.25, -0.2) is 0 Å². The molecule has 0 unspecified atom stereocenters. The van der Waals surface area contributed by atoms with Crippen molar-refractivity contribution in [2.24, 2.45) is 0 Å². The molecule has 3 nitrogen and oxygen atoms in total. The first-order chi connectivity index (χ1) is 10.2. The lowest BCUT2D eigenvalue weighted by molar-refractivity contribution is 0.243. The lowest BCUT2D eigenvalue weighted by Crippen LogP contribution is -2.16. The Hall–Kier alpha value is -1.48. The zero-order valence-electron chi connectivity index (χ0n) is 13.6. The quantitative estimate of drug-likeness (QED) is 0.700. The average Bonchev–Trinajstić information content (AvgIpc) is 2.84. The molecule has 116 valence electrons. The molecule has 0 radical (unpaired) electrons. The number of nitrogens with zero attached hydrogens (tertiary/aromatic N) is 1. The molecule has 0 saturated carbocycles. The van der Waals surface area contributed by atoms with Crippen LogP contribution in [0.15, 0.2) is 30.5 Å². The van der Waals surface area contributed by atoms with Crippen molar-refractivity contribution in [3.63, 3.8) is 0 Å². The van der Waals surface area contributed by atoms with Gasteiger partial charge in [0, 0.05) is 23.6 Å². The minimum Gasteiger partial charge on any atom is -0.491 e. The number of hydrogen-bond donors (Lipinski definition) is 1. The molecule has 0 amide bonds. The van der Waals surface area contributed by atoms with E-state index in [1.807, 2.05) is 0 Å². The molecule has 0 aliphatic heterocycles. The average molecular weight is 288 g/mol. The summed E-state index contributed by atoms with van der Waals surface area (Å²) in [5, 5.41) is 4.71. The number of benzene rings is 1. The summed E-state index contributed by atoms with van der Waals surface area (Å²) >= 11 is 0. The topological polar surface area (TPSA) is 26.2 Å². The monoisotopic (exact) mass is 288 g/mol. The lowest BCUT2D eigenvalue weighted by Gasteiger charge is -2.10. The van der Waals surface area contributed by atoms with Crippen molar-refractivity contribution in [3.05, 3.63) is 30.5 Å². The molecule has 0 saturated heterocycles. The third-order valence-corrected chi connectivity index (χ3v) is 3.54. The van der Waals surface area contributed by atoms with Crippen LogP contribution >= 0.6 is 0 Å². The number of aryl methyl sites for hydroxylation is 1. The van der Waals surface area contributed by atoms with Crippen molar-refractivity contribution in [2.75, 3.05) is 13.1 Å². The van der Waals surface area contributed by atoms with Crippen molar-refractivity contribution >= 4 is 10.9 Å². The Labute approximate surface area is 128 Å². The maximum absolute atomic E-state index is 5.75. The largest absolute Gasteiger partial charge is 0.491 e. The number of unbranched alkanes of at least 4 members (excludes halogenated alkanes) is 1. The SMILES string of the molecule is CCCNCCCCn1ccc2cc(OC(C)C)ccc21. The van der Waals surface area contributed by atoms with Gasteiger partial charge in [0.25, 0.3) is 0 Å². The van der Waals surface area contributed by atoms with Gasteiger partial charge in [0.2, 0.25) is 0 Å². The molecule has 1 N–H and O–H groups in total. The van der Waals surface area contributed by atoms with E-state index < -0.39 is 0 Å². The zero-order chi connectivity index (χ0) is 15.1. The first-order valence-electron chi connectivity index (χ1n) is 8.17.